The number of thiocarbonyl (C=S) groups is 1. The number of hydrogen-bond donors (Lipinski definition) is 1. The second kappa shape index (κ2) is 5.10. The summed E-state index contributed by atoms with van der Waals surface area (Å²) >= 11 is 5.55. The van der Waals surface area contributed by atoms with Gasteiger partial charge in [-0.3, -0.25) is 9.69 Å². The van der Waals surface area contributed by atoms with Crippen molar-refractivity contribution in [3.8, 4) is 5.75 Å². The first-order valence-corrected chi connectivity index (χ1v) is 7.36. The molecule has 1 fully saturated rings. The lowest BCUT2D eigenvalue weighted by Gasteiger charge is -2.29. The molecule has 1 heterocycles. The molecule has 4 nitrogen and oxygen atoms in total. The molecule has 0 saturated carbocycles. The average molecular weight is 312 g/mol. The fraction of sp³-hybridized carbons (Fsp3) is 0.176. The lowest BCUT2D eigenvalue weighted by atomic mass is 10.0. The molecule has 22 heavy (non-hydrogen) atoms. The Labute approximate surface area is 134 Å². The molecule has 5 heteroatoms. The van der Waals surface area contributed by atoms with Crippen LogP contribution in [0.4, 0.5) is 11.4 Å². The zero-order chi connectivity index (χ0) is 15.9. The van der Waals surface area contributed by atoms with Gasteiger partial charge in [0.2, 0.25) is 0 Å². The summed E-state index contributed by atoms with van der Waals surface area (Å²) in [5, 5.41) is 9.89. The van der Waals surface area contributed by atoms with Crippen molar-refractivity contribution in [2.75, 3.05) is 9.80 Å². The van der Waals surface area contributed by atoms with Crippen LogP contribution >= 0.6 is 12.2 Å². The molecule has 1 amide bonds. The van der Waals surface area contributed by atoms with Gasteiger partial charge in [-0.15, -0.1) is 0 Å². The Balaban J connectivity index is 2.07. The summed E-state index contributed by atoms with van der Waals surface area (Å²) in [5.74, 6) is 0.106. The molecule has 2 aromatic rings. The Bertz CT molecular complexity index is 726. The number of hydrogen-bond acceptors (Lipinski definition) is 3. The maximum atomic E-state index is 12.8. The Hall–Kier alpha value is -2.40. The first-order valence-electron chi connectivity index (χ1n) is 6.96. The summed E-state index contributed by atoms with van der Waals surface area (Å²) < 4.78 is 0. The van der Waals surface area contributed by atoms with E-state index in [1.807, 2.05) is 49.1 Å². The Kier molecular flexibility index (Phi) is 3.37. The van der Waals surface area contributed by atoms with Crippen molar-refractivity contribution < 1.29 is 9.90 Å². The Morgan fingerprint density at radius 1 is 0.955 bits per heavy atom. The number of carbonyl (C=O) groups excluding carboxylic acids is 1. The van der Waals surface area contributed by atoms with Crippen LogP contribution in [0.3, 0.4) is 0 Å². The monoisotopic (exact) mass is 312 g/mol. The minimum atomic E-state index is -0.788. The van der Waals surface area contributed by atoms with Gasteiger partial charge < -0.3 is 10.0 Å². The van der Waals surface area contributed by atoms with Crippen LogP contribution in [0, 0.1) is 0 Å². The van der Waals surface area contributed by atoms with Crippen molar-refractivity contribution in [3.05, 3.63) is 54.6 Å². The van der Waals surface area contributed by atoms with Crippen molar-refractivity contribution in [1.82, 2.24) is 0 Å². The van der Waals surface area contributed by atoms with Crippen molar-refractivity contribution in [2.45, 2.75) is 19.4 Å². The van der Waals surface area contributed by atoms with Crippen LogP contribution in [0.1, 0.15) is 13.8 Å². The lowest BCUT2D eigenvalue weighted by Crippen LogP contribution is -2.44. The normalized spacial score (nSPS) is 17.2. The van der Waals surface area contributed by atoms with E-state index < -0.39 is 5.54 Å². The average Bonchev–Trinajstić information content (AvgIpc) is 2.67. The van der Waals surface area contributed by atoms with Gasteiger partial charge >= 0.3 is 0 Å². The summed E-state index contributed by atoms with van der Waals surface area (Å²) in [4.78, 5) is 16.2. The Morgan fingerprint density at radius 2 is 1.55 bits per heavy atom. The maximum Gasteiger partial charge on any atom is 0.259 e. The molecule has 1 N–H and O–H groups in total. The first-order chi connectivity index (χ1) is 10.4. The predicted molar refractivity (Wildman–Crippen MR) is 91.2 cm³/mol. The number of phenolic OH excluding ortho intramolecular Hbond substituents is 1. The van der Waals surface area contributed by atoms with Gasteiger partial charge in [0.05, 0.1) is 5.69 Å². The SMILES string of the molecule is CC1(C)C(=O)N(c2ccccc2)C(=S)N1c1ccc(O)cc1. The summed E-state index contributed by atoms with van der Waals surface area (Å²) in [6.45, 7) is 3.69. The van der Waals surface area contributed by atoms with Crippen LogP contribution in [0.25, 0.3) is 0 Å². The van der Waals surface area contributed by atoms with Crippen LogP contribution < -0.4 is 9.80 Å². The molecule has 0 spiro atoms. The first kappa shape index (κ1) is 14.5. The standard InChI is InChI=1S/C17H16N2O2S/c1-17(2)15(21)18(12-6-4-3-5-7-12)16(22)19(17)13-8-10-14(20)11-9-13/h3-11,20H,1-2H3. The second-order valence-electron chi connectivity index (χ2n) is 5.67. The third-order valence-corrected chi connectivity index (χ3v) is 4.16. The lowest BCUT2D eigenvalue weighted by molar-refractivity contribution is -0.120. The van der Waals surface area contributed by atoms with E-state index in [1.165, 1.54) is 0 Å². The van der Waals surface area contributed by atoms with Crippen molar-refractivity contribution in [1.29, 1.82) is 0 Å². The highest BCUT2D eigenvalue weighted by Crippen LogP contribution is 2.36. The number of benzene rings is 2. The topological polar surface area (TPSA) is 43.8 Å². The van der Waals surface area contributed by atoms with Gasteiger partial charge in [-0.05, 0) is 62.5 Å². The quantitative estimate of drug-likeness (QED) is 0.864. The number of aromatic hydroxyl groups is 1. The van der Waals surface area contributed by atoms with Crippen LogP contribution in [-0.2, 0) is 4.79 Å². The molecule has 0 bridgehead atoms. The molecular weight excluding hydrogens is 296 g/mol. The fourth-order valence-electron chi connectivity index (χ4n) is 2.63. The van der Waals surface area contributed by atoms with E-state index in [4.69, 9.17) is 12.2 Å². The number of carbonyl (C=O) groups is 1. The van der Waals surface area contributed by atoms with Crippen LogP contribution in [-0.4, -0.2) is 21.7 Å². The minimum Gasteiger partial charge on any atom is -0.508 e. The van der Waals surface area contributed by atoms with Crippen molar-refractivity contribution >= 4 is 34.6 Å². The van der Waals surface area contributed by atoms with E-state index in [2.05, 4.69) is 0 Å². The van der Waals surface area contributed by atoms with Gasteiger partial charge in [0, 0.05) is 5.69 Å². The summed E-state index contributed by atoms with van der Waals surface area (Å²) in [5.41, 5.74) is 0.746. The van der Waals surface area contributed by atoms with Gasteiger partial charge in [0.1, 0.15) is 11.3 Å². The van der Waals surface area contributed by atoms with Crippen LogP contribution in [0.2, 0.25) is 0 Å². The van der Waals surface area contributed by atoms with Crippen LogP contribution in [0.5, 0.6) is 5.75 Å². The molecule has 0 aromatic heterocycles. The van der Waals surface area contributed by atoms with Gasteiger partial charge in [0.15, 0.2) is 5.11 Å². The van der Waals surface area contributed by atoms with E-state index in [-0.39, 0.29) is 11.7 Å². The largest absolute Gasteiger partial charge is 0.508 e. The molecule has 112 valence electrons. The smallest absolute Gasteiger partial charge is 0.259 e. The molecule has 0 atom stereocenters. The van der Waals surface area contributed by atoms with E-state index in [0.29, 0.717) is 5.11 Å². The molecular formula is C17H16N2O2S. The van der Waals surface area contributed by atoms with Gasteiger partial charge in [-0.25, -0.2) is 0 Å². The zero-order valence-electron chi connectivity index (χ0n) is 12.4. The zero-order valence-corrected chi connectivity index (χ0v) is 13.2. The maximum absolute atomic E-state index is 12.8. The number of nitrogens with zero attached hydrogens (tertiary/aromatic N) is 2. The molecule has 0 aliphatic carbocycles. The number of amides is 1. The highest BCUT2D eigenvalue weighted by molar-refractivity contribution is 7.81. The summed E-state index contributed by atoms with van der Waals surface area (Å²) in [6, 6.07) is 16.1. The molecule has 3 rings (SSSR count). The Morgan fingerprint density at radius 3 is 2.14 bits per heavy atom. The molecule has 2 aromatic carbocycles. The molecule has 1 aliphatic heterocycles. The highest BCUT2D eigenvalue weighted by atomic mass is 32.1. The molecule has 1 saturated heterocycles. The van der Waals surface area contributed by atoms with Gasteiger partial charge in [-0.2, -0.15) is 0 Å². The molecule has 1 aliphatic rings. The highest BCUT2D eigenvalue weighted by Gasteiger charge is 2.50. The van der Waals surface area contributed by atoms with Gasteiger partial charge in [0.25, 0.3) is 5.91 Å². The van der Waals surface area contributed by atoms with E-state index in [0.717, 1.165) is 11.4 Å². The number of phenols is 1. The van der Waals surface area contributed by atoms with Crippen LogP contribution in [0.15, 0.2) is 54.6 Å². The minimum absolute atomic E-state index is 0.0724. The molecule has 0 radical (unpaired) electrons. The fourth-order valence-corrected chi connectivity index (χ4v) is 3.16. The molecule has 0 unspecified atom stereocenters. The number of anilines is 2. The summed E-state index contributed by atoms with van der Waals surface area (Å²) in [6.07, 6.45) is 0. The second-order valence-corrected chi connectivity index (χ2v) is 6.03. The third-order valence-electron chi connectivity index (χ3n) is 3.79. The van der Waals surface area contributed by atoms with E-state index in [1.54, 1.807) is 29.2 Å². The number of para-hydroxylation sites is 1. The number of rotatable bonds is 2. The predicted octanol–water partition coefficient (Wildman–Crippen LogP) is 3.31. The van der Waals surface area contributed by atoms with Crippen molar-refractivity contribution in [2.24, 2.45) is 0 Å². The third kappa shape index (κ3) is 2.14. The van der Waals surface area contributed by atoms with E-state index in [9.17, 15) is 9.90 Å². The van der Waals surface area contributed by atoms with Crippen molar-refractivity contribution in [3.63, 3.8) is 0 Å². The van der Waals surface area contributed by atoms with Gasteiger partial charge in [-0.1, -0.05) is 18.2 Å². The summed E-state index contributed by atoms with van der Waals surface area (Å²) in [7, 11) is 0. The van der Waals surface area contributed by atoms with E-state index >= 15 is 0 Å².